The van der Waals surface area contributed by atoms with E-state index in [4.69, 9.17) is 33.8 Å². The summed E-state index contributed by atoms with van der Waals surface area (Å²) in [5.41, 5.74) is 2.45. The molecule has 3 nitrogen and oxygen atoms in total. The fourth-order valence-electron chi connectivity index (χ4n) is 0.915. The first kappa shape index (κ1) is 10.3. The van der Waals surface area contributed by atoms with Gasteiger partial charge in [0.1, 0.15) is 5.84 Å². The van der Waals surface area contributed by atoms with Gasteiger partial charge in [-0.15, -0.1) is 0 Å². The minimum absolute atomic E-state index is 0.0239. The van der Waals surface area contributed by atoms with Gasteiger partial charge in [0.15, 0.2) is 0 Å². The van der Waals surface area contributed by atoms with Crippen LogP contribution in [0.5, 0.6) is 0 Å². The van der Waals surface area contributed by atoms with Gasteiger partial charge < -0.3 is 0 Å². The van der Waals surface area contributed by atoms with Crippen LogP contribution in [0, 0.1) is 5.41 Å². The Morgan fingerprint density at radius 2 is 2.15 bits per heavy atom. The maximum absolute atomic E-state index is 8.41. The lowest BCUT2D eigenvalue weighted by Crippen LogP contribution is -2.20. The molecule has 5 heteroatoms. The van der Waals surface area contributed by atoms with E-state index in [1.54, 1.807) is 23.7 Å². The minimum atomic E-state index is -0.0239. The summed E-state index contributed by atoms with van der Waals surface area (Å²) in [6.07, 6.45) is 0.232. The third-order valence-electron chi connectivity index (χ3n) is 1.53. The van der Waals surface area contributed by atoms with Crippen LogP contribution in [0.25, 0.3) is 0 Å². The number of rotatable bonds is 2. The fraction of sp³-hybridized carbons (Fsp3) is 0.125. The van der Waals surface area contributed by atoms with Gasteiger partial charge in [0, 0.05) is 6.42 Å². The molecule has 3 N–H and O–H groups in total. The summed E-state index contributed by atoms with van der Waals surface area (Å²) in [7, 11) is 0. The number of benzene rings is 1. The summed E-state index contributed by atoms with van der Waals surface area (Å²) in [6, 6.07) is 5.16. The molecule has 0 unspecified atom stereocenters. The van der Waals surface area contributed by atoms with Crippen molar-refractivity contribution in [2.45, 2.75) is 6.42 Å². The number of hydroxylamine groups is 1. The summed E-state index contributed by atoms with van der Waals surface area (Å²) in [6.45, 7) is 0. The van der Waals surface area contributed by atoms with E-state index in [0.717, 1.165) is 0 Å². The standard InChI is InChI=1S/C8H8Cl2N2O/c9-6-3-1-2-5(8(6)10)4-7(11)12-13/h1-3,13H,4H2,(H2,11,12). The molecule has 13 heavy (non-hydrogen) atoms. The van der Waals surface area contributed by atoms with Crippen LogP contribution in [-0.4, -0.2) is 11.0 Å². The second-order valence-corrected chi connectivity index (χ2v) is 3.27. The van der Waals surface area contributed by atoms with Gasteiger partial charge in [0.2, 0.25) is 0 Å². The van der Waals surface area contributed by atoms with Crippen LogP contribution in [0.3, 0.4) is 0 Å². The first-order chi connectivity index (χ1) is 6.15. The maximum Gasteiger partial charge on any atom is 0.122 e. The molecular weight excluding hydrogens is 211 g/mol. The predicted molar refractivity (Wildman–Crippen MR) is 52.8 cm³/mol. The fourth-order valence-corrected chi connectivity index (χ4v) is 1.30. The monoisotopic (exact) mass is 218 g/mol. The van der Waals surface area contributed by atoms with E-state index in [1.807, 2.05) is 0 Å². The Balaban J connectivity index is 2.89. The molecule has 0 bridgehead atoms. The summed E-state index contributed by atoms with van der Waals surface area (Å²) < 4.78 is 0. The molecule has 0 amide bonds. The molecule has 0 aliphatic heterocycles. The lowest BCUT2D eigenvalue weighted by atomic mass is 10.1. The summed E-state index contributed by atoms with van der Waals surface area (Å²) >= 11 is 11.6. The molecule has 0 radical (unpaired) electrons. The van der Waals surface area contributed by atoms with Crippen LogP contribution in [0.1, 0.15) is 5.56 Å². The van der Waals surface area contributed by atoms with Crippen LogP contribution < -0.4 is 5.48 Å². The van der Waals surface area contributed by atoms with E-state index in [1.165, 1.54) is 0 Å². The molecule has 0 atom stereocenters. The number of nitrogens with one attached hydrogen (secondary N) is 2. The first-order valence-corrected chi connectivity index (χ1v) is 4.31. The van der Waals surface area contributed by atoms with E-state index < -0.39 is 0 Å². The Morgan fingerprint density at radius 1 is 1.46 bits per heavy atom. The maximum atomic E-state index is 8.41. The second-order valence-electron chi connectivity index (χ2n) is 2.48. The van der Waals surface area contributed by atoms with E-state index in [2.05, 4.69) is 0 Å². The second kappa shape index (κ2) is 4.46. The molecule has 0 saturated carbocycles. The van der Waals surface area contributed by atoms with E-state index in [0.29, 0.717) is 15.6 Å². The largest absolute Gasteiger partial charge is 0.290 e. The normalized spacial score (nSPS) is 9.77. The van der Waals surface area contributed by atoms with Crippen molar-refractivity contribution in [3.63, 3.8) is 0 Å². The summed E-state index contributed by atoms with van der Waals surface area (Å²) in [5.74, 6) is -0.0239. The van der Waals surface area contributed by atoms with Gasteiger partial charge in [-0.2, -0.15) is 0 Å². The predicted octanol–water partition coefficient (Wildman–Crippen LogP) is 2.49. The Hall–Kier alpha value is -0.770. The van der Waals surface area contributed by atoms with Gasteiger partial charge >= 0.3 is 0 Å². The third-order valence-corrected chi connectivity index (χ3v) is 2.39. The number of hydrogen-bond donors (Lipinski definition) is 3. The number of halogens is 2. The summed E-state index contributed by atoms with van der Waals surface area (Å²) in [4.78, 5) is 0. The Labute approximate surface area is 85.8 Å². The highest BCUT2D eigenvalue weighted by Gasteiger charge is 2.05. The molecule has 0 saturated heterocycles. The molecule has 0 heterocycles. The molecule has 0 fully saturated rings. The van der Waals surface area contributed by atoms with Crippen molar-refractivity contribution in [3.8, 4) is 0 Å². The molecule has 1 rings (SSSR count). The average molecular weight is 219 g/mol. The van der Waals surface area contributed by atoms with Crippen LogP contribution in [0.2, 0.25) is 10.0 Å². The van der Waals surface area contributed by atoms with Crippen molar-refractivity contribution in [1.29, 1.82) is 5.41 Å². The average Bonchev–Trinajstić information content (AvgIpc) is 2.13. The zero-order valence-electron chi connectivity index (χ0n) is 6.64. The SMILES string of the molecule is N=C(Cc1cccc(Cl)c1Cl)NO. The number of hydrogen-bond acceptors (Lipinski definition) is 2. The van der Waals surface area contributed by atoms with Gasteiger partial charge in [-0.1, -0.05) is 35.3 Å². The molecule has 0 aliphatic carbocycles. The molecule has 1 aromatic rings. The zero-order chi connectivity index (χ0) is 9.84. The molecular formula is C8H8Cl2N2O. The highest BCUT2D eigenvalue weighted by molar-refractivity contribution is 6.42. The van der Waals surface area contributed by atoms with Gasteiger partial charge in [0.25, 0.3) is 0 Å². The third kappa shape index (κ3) is 2.59. The Kier molecular flexibility index (Phi) is 3.54. The van der Waals surface area contributed by atoms with E-state index in [9.17, 15) is 0 Å². The van der Waals surface area contributed by atoms with E-state index >= 15 is 0 Å². The first-order valence-electron chi connectivity index (χ1n) is 3.55. The van der Waals surface area contributed by atoms with Gasteiger partial charge in [-0.25, -0.2) is 0 Å². The van der Waals surface area contributed by atoms with Crippen molar-refractivity contribution in [3.05, 3.63) is 33.8 Å². The van der Waals surface area contributed by atoms with Crippen LogP contribution >= 0.6 is 23.2 Å². The van der Waals surface area contributed by atoms with Crippen LogP contribution in [-0.2, 0) is 6.42 Å². The topological polar surface area (TPSA) is 56.1 Å². The molecule has 0 aliphatic rings. The molecule has 0 spiro atoms. The van der Waals surface area contributed by atoms with Gasteiger partial charge in [-0.05, 0) is 11.6 Å². The van der Waals surface area contributed by atoms with Crippen molar-refractivity contribution in [1.82, 2.24) is 5.48 Å². The van der Waals surface area contributed by atoms with Crippen molar-refractivity contribution in [2.75, 3.05) is 0 Å². The van der Waals surface area contributed by atoms with Crippen LogP contribution in [0.15, 0.2) is 18.2 Å². The Bertz CT molecular complexity index is 328. The van der Waals surface area contributed by atoms with E-state index in [-0.39, 0.29) is 12.3 Å². The molecule has 70 valence electrons. The van der Waals surface area contributed by atoms with Crippen LogP contribution in [0.4, 0.5) is 0 Å². The van der Waals surface area contributed by atoms with Crippen molar-refractivity contribution in [2.24, 2.45) is 0 Å². The lowest BCUT2D eigenvalue weighted by Gasteiger charge is -2.05. The smallest absolute Gasteiger partial charge is 0.122 e. The highest BCUT2D eigenvalue weighted by Crippen LogP contribution is 2.25. The van der Waals surface area contributed by atoms with Crippen molar-refractivity contribution >= 4 is 29.0 Å². The Morgan fingerprint density at radius 3 is 2.77 bits per heavy atom. The molecule has 0 aromatic heterocycles. The quantitative estimate of drug-likeness (QED) is 0.406. The van der Waals surface area contributed by atoms with Crippen molar-refractivity contribution < 1.29 is 5.21 Å². The summed E-state index contributed by atoms with van der Waals surface area (Å²) in [5, 5.41) is 16.5. The molecule has 1 aromatic carbocycles. The zero-order valence-corrected chi connectivity index (χ0v) is 8.15. The highest BCUT2D eigenvalue weighted by atomic mass is 35.5. The lowest BCUT2D eigenvalue weighted by molar-refractivity contribution is 0.231. The van der Waals surface area contributed by atoms with Gasteiger partial charge in [-0.3, -0.25) is 16.1 Å². The minimum Gasteiger partial charge on any atom is -0.290 e. The number of amidine groups is 1. The van der Waals surface area contributed by atoms with Gasteiger partial charge in [0.05, 0.1) is 10.0 Å².